The number of carbonyl (C=O) groups is 1. The Morgan fingerprint density at radius 2 is 2.00 bits per heavy atom. The first-order chi connectivity index (χ1) is 11.7. The van der Waals surface area contributed by atoms with E-state index in [0.29, 0.717) is 17.9 Å². The molecule has 1 atom stereocenters. The van der Waals surface area contributed by atoms with Crippen LogP contribution >= 0.6 is 0 Å². The quantitative estimate of drug-likeness (QED) is 0.924. The van der Waals surface area contributed by atoms with Gasteiger partial charge < -0.3 is 4.90 Å². The zero-order valence-electron chi connectivity index (χ0n) is 14.3. The summed E-state index contributed by atoms with van der Waals surface area (Å²) in [5.74, 6) is 0.576. The minimum atomic E-state index is 0.263. The summed E-state index contributed by atoms with van der Waals surface area (Å²) in [4.78, 5) is 14.6. The molecule has 0 bridgehead atoms. The van der Waals surface area contributed by atoms with Crippen molar-refractivity contribution in [1.29, 1.82) is 0 Å². The Kier molecular flexibility index (Phi) is 3.91. The molecule has 0 aliphatic heterocycles. The monoisotopic (exact) mass is 323 g/mol. The highest BCUT2D eigenvalue weighted by Crippen LogP contribution is 2.61. The highest BCUT2D eigenvalue weighted by molar-refractivity contribution is 5.82. The van der Waals surface area contributed by atoms with E-state index in [1.807, 2.05) is 48.3 Å². The third-order valence-corrected chi connectivity index (χ3v) is 5.82. The standard InChI is InChI=1S/C20H25N3O/c1-23(19(24)17-13-20(17)10-6-3-7-11-20)14-16-12-18(22-21-16)15-8-4-2-5-9-15/h2,4-5,8-9,12,17H,3,6-7,10-11,13-14H2,1H3,(H,21,22)/t17-/m0/s1. The summed E-state index contributed by atoms with van der Waals surface area (Å²) in [7, 11) is 1.92. The zero-order chi connectivity index (χ0) is 16.6. The Bertz CT molecular complexity index is 715. The lowest BCUT2D eigenvalue weighted by molar-refractivity contribution is -0.132. The Morgan fingerprint density at radius 1 is 1.25 bits per heavy atom. The zero-order valence-corrected chi connectivity index (χ0v) is 14.3. The van der Waals surface area contributed by atoms with Gasteiger partial charge in [-0.1, -0.05) is 49.6 Å². The molecule has 126 valence electrons. The summed E-state index contributed by atoms with van der Waals surface area (Å²) >= 11 is 0. The van der Waals surface area contributed by atoms with Crippen molar-refractivity contribution in [3.63, 3.8) is 0 Å². The van der Waals surface area contributed by atoms with Gasteiger partial charge in [0.15, 0.2) is 0 Å². The van der Waals surface area contributed by atoms with Crippen molar-refractivity contribution in [2.75, 3.05) is 7.05 Å². The van der Waals surface area contributed by atoms with Gasteiger partial charge in [0.25, 0.3) is 0 Å². The second-order valence-corrected chi connectivity index (χ2v) is 7.52. The maximum Gasteiger partial charge on any atom is 0.226 e. The smallest absolute Gasteiger partial charge is 0.226 e. The molecule has 1 amide bonds. The number of hydrogen-bond donors (Lipinski definition) is 1. The number of hydrogen-bond acceptors (Lipinski definition) is 2. The lowest BCUT2D eigenvalue weighted by Gasteiger charge is -2.24. The van der Waals surface area contributed by atoms with Crippen molar-refractivity contribution < 1.29 is 4.79 Å². The fourth-order valence-electron chi connectivity index (χ4n) is 4.30. The Labute approximate surface area is 143 Å². The van der Waals surface area contributed by atoms with Crippen molar-refractivity contribution in [2.45, 2.75) is 45.1 Å². The molecule has 0 saturated heterocycles. The van der Waals surface area contributed by atoms with Crippen LogP contribution in [0.15, 0.2) is 36.4 Å². The first-order valence-corrected chi connectivity index (χ1v) is 9.03. The summed E-state index contributed by atoms with van der Waals surface area (Å²) in [6.45, 7) is 0.602. The lowest BCUT2D eigenvalue weighted by Crippen LogP contribution is -2.30. The number of aromatic amines is 1. The van der Waals surface area contributed by atoms with Crippen molar-refractivity contribution in [3.8, 4) is 11.3 Å². The van der Waals surface area contributed by atoms with E-state index in [2.05, 4.69) is 10.2 Å². The van der Waals surface area contributed by atoms with Gasteiger partial charge in [-0.3, -0.25) is 9.89 Å². The van der Waals surface area contributed by atoms with E-state index in [4.69, 9.17) is 0 Å². The van der Waals surface area contributed by atoms with Gasteiger partial charge in [-0.05, 0) is 30.7 Å². The van der Waals surface area contributed by atoms with Gasteiger partial charge in [-0.2, -0.15) is 5.10 Å². The second kappa shape index (κ2) is 6.08. The van der Waals surface area contributed by atoms with Gasteiger partial charge >= 0.3 is 0 Å². The molecular weight excluding hydrogens is 298 g/mol. The number of rotatable bonds is 4. The highest BCUT2D eigenvalue weighted by atomic mass is 16.2. The van der Waals surface area contributed by atoms with Crippen LogP contribution in [0.25, 0.3) is 11.3 Å². The average Bonchev–Trinajstić information content (AvgIpc) is 3.09. The second-order valence-electron chi connectivity index (χ2n) is 7.52. The molecule has 1 N–H and O–H groups in total. The molecule has 1 heterocycles. The number of aromatic nitrogens is 2. The third-order valence-electron chi connectivity index (χ3n) is 5.82. The molecule has 2 saturated carbocycles. The van der Waals surface area contributed by atoms with E-state index < -0.39 is 0 Å². The van der Waals surface area contributed by atoms with Gasteiger partial charge in [0.05, 0.1) is 17.9 Å². The Morgan fingerprint density at radius 3 is 2.75 bits per heavy atom. The number of amides is 1. The van der Waals surface area contributed by atoms with Gasteiger partial charge in [-0.25, -0.2) is 0 Å². The molecule has 24 heavy (non-hydrogen) atoms. The van der Waals surface area contributed by atoms with Gasteiger partial charge in [0.1, 0.15) is 0 Å². The molecule has 2 aliphatic carbocycles. The number of nitrogens with one attached hydrogen (secondary N) is 1. The number of benzene rings is 1. The molecular formula is C20H25N3O. The van der Waals surface area contributed by atoms with Crippen LogP contribution < -0.4 is 0 Å². The summed E-state index contributed by atoms with van der Waals surface area (Å²) in [6.07, 6.45) is 7.55. The van der Waals surface area contributed by atoms with Gasteiger partial charge in [0, 0.05) is 18.5 Å². The van der Waals surface area contributed by atoms with E-state index in [9.17, 15) is 4.79 Å². The molecule has 4 rings (SSSR count). The largest absolute Gasteiger partial charge is 0.340 e. The van der Waals surface area contributed by atoms with Crippen LogP contribution in [-0.4, -0.2) is 28.1 Å². The van der Waals surface area contributed by atoms with Crippen LogP contribution in [0.1, 0.15) is 44.2 Å². The first kappa shape index (κ1) is 15.4. The van der Waals surface area contributed by atoms with E-state index in [-0.39, 0.29) is 5.92 Å². The molecule has 4 nitrogen and oxygen atoms in total. The SMILES string of the molecule is CN(Cc1cc(-c2ccccc2)n[nH]1)C(=O)[C@@H]1CC12CCCCC2. The fourth-order valence-corrected chi connectivity index (χ4v) is 4.30. The summed E-state index contributed by atoms with van der Waals surface area (Å²) in [5, 5.41) is 7.46. The van der Waals surface area contributed by atoms with E-state index in [1.54, 1.807) is 0 Å². The van der Waals surface area contributed by atoms with Crippen LogP contribution in [0.2, 0.25) is 0 Å². The van der Waals surface area contributed by atoms with Crippen LogP contribution in [0.4, 0.5) is 0 Å². The van der Waals surface area contributed by atoms with Gasteiger partial charge in [0.2, 0.25) is 5.91 Å². The predicted octanol–water partition coefficient (Wildman–Crippen LogP) is 4.01. The molecule has 1 aromatic carbocycles. The van der Waals surface area contributed by atoms with Crippen LogP contribution in [-0.2, 0) is 11.3 Å². The lowest BCUT2D eigenvalue weighted by atomic mass is 9.84. The van der Waals surface area contributed by atoms with Gasteiger partial charge in [-0.15, -0.1) is 0 Å². The van der Waals surface area contributed by atoms with E-state index in [0.717, 1.165) is 23.4 Å². The Hall–Kier alpha value is -2.10. The highest BCUT2D eigenvalue weighted by Gasteiger charge is 2.58. The third kappa shape index (κ3) is 2.85. The molecule has 2 aliphatic rings. The van der Waals surface area contributed by atoms with Crippen LogP contribution in [0, 0.1) is 11.3 Å². The topological polar surface area (TPSA) is 49.0 Å². The fraction of sp³-hybridized carbons (Fsp3) is 0.500. The molecule has 0 unspecified atom stereocenters. The number of nitrogens with zero attached hydrogens (tertiary/aromatic N) is 2. The van der Waals surface area contributed by atoms with Crippen LogP contribution in [0.3, 0.4) is 0 Å². The van der Waals surface area contributed by atoms with Crippen molar-refractivity contribution in [3.05, 3.63) is 42.1 Å². The number of carbonyl (C=O) groups excluding carboxylic acids is 1. The summed E-state index contributed by atoms with van der Waals surface area (Å²) < 4.78 is 0. The Balaban J connectivity index is 1.39. The minimum Gasteiger partial charge on any atom is -0.340 e. The number of H-pyrrole nitrogens is 1. The molecule has 4 heteroatoms. The maximum absolute atomic E-state index is 12.8. The van der Waals surface area contributed by atoms with Crippen LogP contribution in [0.5, 0.6) is 0 Å². The average molecular weight is 323 g/mol. The first-order valence-electron chi connectivity index (χ1n) is 9.03. The normalized spacial score (nSPS) is 21.6. The maximum atomic E-state index is 12.8. The minimum absolute atomic E-state index is 0.263. The molecule has 0 radical (unpaired) electrons. The molecule has 1 spiro atoms. The molecule has 2 aromatic rings. The molecule has 1 aromatic heterocycles. The summed E-state index contributed by atoms with van der Waals surface area (Å²) in [6, 6.07) is 12.2. The van der Waals surface area contributed by atoms with Crippen molar-refractivity contribution in [1.82, 2.24) is 15.1 Å². The summed E-state index contributed by atoms with van der Waals surface area (Å²) in [5.41, 5.74) is 3.37. The van der Waals surface area contributed by atoms with E-state index in [1.165, 1.54) is 32.1 Å². The van der Waals surface area contributed by atoms with E-state index >= 15 is 0 Å². The predicted molar refractivity (Wildman–Crippen MR) is 94.1 cm³/mol. The van der Waals surface area contributed by atoms with Crippen molar-refractivity contribution >= 4 is 5.91 Å². The molecule has 2 fully saturated rings. The van der Waals surface area contributed by atoms with Crippen molar-refractivity contribution in [2.24, 2.45) is 11.3 Å².